The third-order valence-corrected chi connectivity index (χ3v) is 7.95. The Bertz CT molecular complexity index is 1230. The van der Waals surface area contributed by atoms with Gasteiger partial charge in [0.05, 0.1) is 11.5 Å². The van der Waals surface area contributed by atoms with Crippen LogP contribution in [-0.4, -0.2) is 62.8 Å². The number of benzene rings is 3. The minimum atomic E-state index is -3.03. The summed E-state index contributed by atoms with van der Waals surface area (Å²) in [5.41, 5.74) is 5.35. The van der Waals surface area contributed by atoms with E-state index < -0.39 is 15.9 Å². The smallest absolute Gasteiger partial charge is 0.242 e. The Morgan fingerprint density at radius 1 is 0.914 bits per heavy atom. The summed E-state index contributed by atoms with van der Waals surface area (Å²) in [6.07, 6.45) is 0. The van der Waals surface area contributed by atoms with Crippen LogP contribution in [-0.2, 0) is 27.7 Å². The van der Waals surface area contributed by atoms with Crippen LogP contribution < -0.4 is 5.32 Å². The Kier molecular flexibility index (Phi) is 8.00. The van der Waals surface area contributed by atoms with E-state index in [1.165, 1.54) is 5.56 Å². The molecule has 0 bridgehead atoms. The highest BCUT2D eigenvalue weighted by atomic mass is 32.2. The first kappa shape index (κ1) is 25.1. The van der Waals surface area contributed by atoms with Crippen molar-refractivity contribution in [2.24, 2.45) is 0 Å². The van der Waals surface area contributed by atoms with Gasteiger partial charge in [0.2, 0.25) is 5.91 Å². The molecule has 1 aliphatic rings. The first-order valence-electron chi connectivity index (χ1n) is 11.9. The molecule has 6 nitrogen and oxygen atoms in total. The maximum absolute atomic E-state index is 13.5. The molecular formula is C28H33N3O3S. The maximum atomic E-state index is 13.5. The van der Waals surface area contributed by atoms with Crippen molar-refractivity contribution >= 4 is 15.7 Å². The SMILES string of the molecule is CN(C)Cc1ccc(-c2ccccc2CNC(=O)C(c2ccccc2)N2CCS(=O)(=O)CC2)cc1. The fraction of sp³-hybridized carbons (Fsp3) is 0.321. The standard InChI is InChI=1S/C28H33N3O3S/c1-30(2)21-22-12-14-23(15-13-22)26-11-7-6-10-25(26)20-29-28(32)27(24-8-4-3-5-9-24)31-16-18-35(33,34)19-17-31/h3-15,27H,16-21H2,1-2H3,(H,29,32). The number of sulfone groups is 1. The molecule has 3 aromatic carbocycles. The van der Waals surface area contributed by atoms with Crippen LogP contribution in [0.4, 0.5) is 0 Å². The molecule has 0 aromatic heterocycles. The van der Waals surface area contributed by atoms with E-state index in [2.05, 4.69) is 54.6 Å². The molecule has 1 N–H and O–H groups in total. The third-order valence-electron chi connectivity index (χ3n) is 6.34. The van der Waals surface area contributed by atoms with Gasteiger partial charge < -0.3 is 10.2 Å². The molecule has 0 radical (unpaired) electrons. The van der Waals surface area contributed by atoms with Gasteiger partial charge in [0.1, 0.15) is 6.04 Å². The van der Waals surface area contributed by atoms with E-state index in [0.717, 1.165) is 28.8 Å². The number of carbonyl (C=O) groups is 1. The number of hydrogen-bond acceptors (Lipinski definition) is 5. The fourth-order valence-electron chi connectivity index (χ4n) is 4.54. The first-order chi connectivity index (χ1) is 16.8. The lowest BCUT2D eigenvalue weighted by Gasteiger charge is -2.33. The molecule has 4 rings (SSSR count). The normalized spacial score (nSPS) is 16.7. The predicted octanol–water partition coefficient (Wildman–Crippen LogP) is 3.50. The summed E-state index contributed by atoms with van der Waals surface area (Å²) < 4.78 is 23.9. The molecule has 7 heteroatoms. The van der Waals surface area contributed by atoms with Crippen LogP contribution >= 0.6 is 0 Å². The molecule has 1 aliphatic heterocycles. The lowest BCUT2D eigenvalue weighted by atomic mass is 9.98. The van der Waals surface area contributed by atoms with Crippen molar-refractivity contribution in [1.29, 1.82) is 0 Å². The second-order valence-electron chi connectivity index (χ2n) is 9.31. The molecule has 35 heavy (non-hydrogen) atoms. The second kappa shape index (κ2) is 11.2. The Morgan fingerprint density at radius 3 is 2.20 bits per heavy atom. The first-order valence-corrected chi connectivity index (χ1v) is 13.7. The molecule has 0 saturated carbocycles. The van der Waals surface area contributed by atoms with Gasteiger partial charge in [-0.05, 0) is 41.9 Å². The Balaban J connectivity index is 1.51. The number of rotatable bonds is 8. The zero-order valence-corrected chi connectivity index (χ0v) is 21.2. The van der Waals surface area contributed by atoms with Crippen LogP contribution in [0.25, 0.3) is 11.1 Å². The van der Waals surface area contributed by atoms with Crippen molar-refractivity contribution in [1.82, 2.24) is 15.1 Å². The van der Waals surface area contributed by atoms with E-state index in [-0.39, 0.29) is 17.4 Å². The Labute approximate surface area is 208 Å². The van der Waals surface area contributed by atoms with Crippen molar-refractivity contribution in [3.63, 3.8) is 0 Å². The molecule has 0 spiro atoms. The largest absolute Gasteiger partial charge is 0.350 e. The molecule has 3 aromatic rings. The van der Waals surface area contributed by atoms with Gasteiger partial charge in [-0.1, -0.05) is 78.9 Å². The van der Waals surface area contributed by atoms with Crippen molar-refractivity contribution in [3.8, 4) is 11.1 Å². The molecule has 0 aliphatic carbocycles. The van der Waals surface area contributed by atoms with Gasteiger partial charge in [-0.3, -0.25) is 9.69 Å². The lowest BCUT2D eigenvalue weighted by Crippen LogP contribution is -2.47. The highest BCUT2D eigenvalue weighted by Gasteiger charge is 2.32. The fourth-order valence-corrected chi connectivity index (χ4v) is 5.77. The van der Waals surface area contributed by atoms with Gasteiger partial charge in [-0.2, -0.15) is 0 Å². The minimum absolute atomic E-state index is 0.0796. The van der Waals surface area contributed by atoms with Crippen molar-refractivity contribution in [2.75, 3.05) is 38.7 Å². The van der Waals surface area contributed by atoms with Crippen LogP contribution in [0.15, 0.2) is 78.9 Å². The van der Waals surface area contributed by atoms with E-state index in [1.807, 2.05) is 53.4 Å². The van der Waals surface area contributed by atoms with Crippen LogP contribution in [0.2, 0.25) is 0 Å². The summed E-state index contributed by atoms with van der Waals surface area (Å²) in [6.45, 7) is 1.98. The van der Waals surface area contributed by atoms with Crippen LogP contribution in [0, 0.1) is 0 Å². The number of nitrogens with one attached hydrogen (secondary N) is 1. The minimum Gasteiger partial charge on any atom is -0.350 e. The predicted molar refractivity (Wildman–Crippen MR) is 141 cm³/mol. The molecule has 1 atom stereocenters. The summed E-state index contributed by atoms with van der Waals surface area (Å²) in [5, 5.41) is 3.13. The van der Waals surface area contributed by atoms with E-state index in [0.29, 0.717) is 19.6 Å². The maximum Gasteiger partial charge on any atom is 0.242 e. The molecule has 1 amide bonds. The summed E-state index contributed by atoms with van der Waals surface area (Å²) in [5.74, 6) is 0.0404. The summed E-state index contributed by atoms with van der Waals surface area (Å²) in [6, 6.07) is 25.7. The summed E-state index contributed by atoms with van der Waals surface area (Å²) in [4.78, 5) is 17.6. The highest BCUT2D eigenvalue weighted by Crippen LogP contribution is 2.26. The van der Waals surface area contributed by atoms with Crippen LogP contribution in [0.5, 0.6) is 0 Å². The van der Waals surface area contributed by atoms with Gasteiger partial charge in [0, 0.05) is 26.2 Å². The van der Waals surface area contributed by atoms with Gasteiger partial charge in [0.15, 0.2) is 9.84 Å². The number of amides is 1. The highest BCUT2D eigenvalue weighted by molar-refractivity contribution is 7.91. The van der Waals surface area contributed by atoms with Gasteiger partial charge >= 0.3 is 0 Å². The summed E-state index contributed by atoms with van der Waals surface area (Å²) >= 11 is 0. The number of hydrogen-bond donors (Lipinski definition) is 1. The monoisotopic (exact) mass is 491 g/mol. The second-order valence-corrected chi connectivity index (χ2v) is 11.6. The quantitative estimate of drug-likeness (QED) is 0.522. The zero-order valence-electron chi connectivity index (χ0n) is 20.4. The molecular weight excluding hydrogens is 458 g/mol. The number of carbonyl (C=O) groups excluding carboxylic acids is 1. The van der Waals surface area contributed by atoms with Crippen LogP contribution in [0.1, 0.15) is 22.7 Å². The van der Waals surface area contributed by atoms with Crippen molar-refractivity contribution in [2.45, 2.75) is 19.1 Å². The molecule has 1 unspecified atom stereocenters. The third kappa shape index (κ3) is 6.57. The van der Waals surface area contributed by atoms with E-state index in [9.17, 15) is 13.2 Å². The molecule has 1 saturated heterocycles. The van der Waals surface area contributed by atoms with Gasteiger partial charge in [-0.25, -0.2) is 8.42 Å². The summed E-state index contributed by atoms with van der Waals surface area (Å²) in [7, 11) is 1.07. The molecule has 1 heterocycles. The van der Waals surface area contributed by atoms with E-state index in [1.54, 1.807) is 0 Å². The van der Waals surface area contributed by atoms with Gasteiger partial charge in [-0.15, -0.1) is 0 Å². The number of nitrogens with zero attached hydrogens (tertiary/aromatic N) is 2. The van der Waals surface area contributed by atoms with Gasteiger partial charge in [0.25, 0.3) is 0 Å². The van der Waals surface area contributed by atoms with Crippen molar-refractivity contribution < 1.29 is 13.2 Å². The lowest BCUT2D eigenvalue weighted by molar-refractivity contribution is -0.126. The Hall–Kier alpha value is -3.00. The zero-order chi connectivity index (χ0) is 24.8. The van der Waals surface area contributed by atoms with Crippen LogP contribution in [0.3, 0.4) is 0 Å². The van der Waals surface area contributed by atoms with Crippen molar-refractivity contribution in [3.05, 3.63) is 95.6 Å². The van der Waals surface area contributed by atoms with E-state index in [4.69, 9.17) is 0 Å². The Morgan fingerprint density at radius 2 is 1.54 bits per heavy atom. The topological polar surface area (TPSA) is 69.7 Å². The molecule has 1 fully saturated rings. The molecule has 184 valence electrons. The average Bonchev–Trinajstić information content (AvgIpc) is 2.85. The van der Waals surface area contributed by atoms with E-state index >= 15 is 0 Å². The average molecular weight is 492 g/mol.